The van der Waals surface area contributed by atoms with Crippen molar-refractivity contribution in [3.63, 3.8) is 0 Å². The fourth-order valence-electron chi connectivity index (χ4n) is 1.48. The maximum Gasteiger partial charge on any atom is 0.155 e. The number of nitrogens with zero attached hydrogens (tertiary/aromatic N) is 2. The Kier molecular flexibility index (Phi) is 7.52. The molecule has 1 rings (SSSR count). The molecule has 3 nitrogen and oxygen atoms in total. The van der Waals surface area contributed by atoms with Gasteiger partial charge in [0.15, 0.2) is 5.82 Å². The van der Waals surface area contributed by atoms with Gasteiger partial charge < -0.3 is 10.2 Å². The number of anilines is 2. The van der Waals surface area contributed by atoms with Crippen LogP contribution in [0.4, 0.5) is 11.5 Å². The number of aromatic nitrogens is 1. The molecule has 3 heteroatoms. The molecule has 1 aromatic heterocycles. The first-order chi connectivity index (χ1) is 8.56. The van der Waals surface area contributed by atoms with Crippen molar-refractivity contribution in [3.8, 4) is 0 Å². The van der Waals surface area contributed by atoms with Gasteiger partial charge in [-0.25, -0.2) is 4.98 Å². The van der Waals surface area contributed by atoms with Gasteiger partial charge in [-0.05, 0) is 32.1 Å². The minimum absolute atomic E-state index is 0.917. The van der Waals surface area contributed by atoms with Gasteiger partial charge in [0.1, 0.15) is 0 Å². The van der Waals surface area contributed by atoms with E-state index in [1.54, 1.807) is 6.20 Å². The smallest absolute Gasteiger partial charge is 0.155 e. The topological polar surface area (TPSA) is 28.2 Å². The summed E-state index contributed by atoms with van der Waals surface area (Å²) >= 11 is 0. The van der Waals surface area contributed by atoms with Crippen LogP contribution >= 0.6 is 0 Å². The molecule has 100 valence electrons. The Labute approximate surface area is 111 Å². The molecule has 1 heterocycles. The predicted molar refractivity (Wildman–Crippen MR) is 82.1 cm³/mol. The molecular weight excluding hydrogens is 222 g/mol. The molecule has 0 fully saturated rings. The third-order valence-corrected chi connectivity index (χ3v) is 2.36. The molecule has 0 spiro atoms. The first-order valence-electron chi connectivity index (χ1n) is 6.26. The molecule has 0 bridgehead atoms. The molecule has 0 saturated carbocycles. The largest absolute Gasteiger partial charge is 0.385 e. The van der Waals surface area contributed by atoms with E-state index < -0.39 is 0 Å². The van der Waals surface area contributed by atoms with Crippen LogP contribution in [-0.4, -0.2) is 19.1 Å². The number of hydrogen-bond acceptors (Lipinski definition) is 3. The van der Waals surface area contributed by atoms with E-state index in [9.17, 15) is 0 Å². The molecular formula is C15H25N3. The molecule has 18 heavy (non-hydrogen) atoms. The van der Waals surface area contributed by atoms with Crippen molar-refractivity contribution >= 4 is 11.5 Å². The SMILES string of the molecule is C=C(C)/C=C(/C)N(C)c1ncccc1NC.CC. The van der Waals surface area contributed by atoms with Gasteiger partial charge in [0, 0.05) is 26.0 Å². The first-order valence-corrected chi connectivity index (χ1v) is 6.26. The van der Waals surface area contributed by atoms with E-state index in [4.69, 9.17) is 0 Å². The maximum absolute atomic E-state index is 4.37. The van der Waals surface area contributed by atoms with E-state index in [1.807, 2.05) is 64.9 Å². The van der Waals surface area contributed by atoms with Crippen molar-refractivity contribution < 1.29 is 0 Å². The van der Waals surface area contributed by atoms with Gasteiger partial charge in [0.25, 0.3) is 0 Å². The third-order valence-electron chi connectivity index (χ3n) is 2.36. The fraction of sp³-hybridized carbons (Fsp3) is 0.400. The van der Waals surface area contributed by atoms with Crippen molar-refractivity contribution in [2.24, 2.45) is 0 Å². The Morgan fingerprint density at radius 1 is 1.39 bits per heavy atom. The van der Waals surface area contributed by atoms with Gasteiger partial charge in [0.2, 0.25) is 0 Å². The van der Waals surface area contributed by atoms with Crippen LogP contribution in [-0.2, 0) is 0 Å². The van der Waals surface area contributed by atoms with E-state index >= 15 is 0 Å². The second-order valence-electron chi connectivity index (χ2n) is 3.82. The standard InChI is InChI=1S/C13H19N3.C2H6/c1-10(2)9-11(3)16(5)13-12(14-4)7-6-8-15-13;1-2/h6-9,14H,1H2,2-5H3;1-2H3/b11-9-;. The molecule has 1 N–H and O–H groups in total. The Hall–Kier alpha value is -1.77. The summed E-state index contributed by atoms with van der Waals surface area (Å²) < 4.78 is 0. The van der Waals surface area contributed by atoms with E-state index in [0.717, 1.165) is 22.8 Å². The highest BCUT2D eigenvalue weighted by atomic mass is 15.2. The lowest BCUT2D eigenvalue weighted by molar-refractivity contribution is 1.04. The monoisotopic (exact) mass is 247 g/mol. The van der Waals surface area contributed by atoms with Gasteiger partial charge >= 0.3 is 0 Å². The number of hydrogen-bond donors (Lipinski definition) is 1. The highest BCUT2D eigenvalue weighted by Crippen LogP contribution is 2.23. The van der Waals surface area contributed by atoms with Gasteiger partial charge in [-0.1, -0.05) is 26.0 Å². The zero-order chi connectivity index (χ0) is 14.1. The highest BCUT2D eigenvalue weighted by molar-refractivity contribution is 5.67. The van der Waals surface area contributed by atoms with E-state index in [-0.39, 0.29) is 0 Å². The zero-order valence-corrected chi connectivity index (χ0v) is 12.4. The average Bonchev–Trinajstić information content (AvgIpc) is 2.39. The summed E-state index contributed by atoms with van der Waals surface area (Å²) in [7, 11) is 3.89. The van der Waals surface area contributed by atoms with Crippen LogP contribution in [0.15, 0.2) is 42.3 Å². The van der Waals surface area contributed by atoms with E-state index in [1.165, 1.54) is 0 Å². The summed E-state index contributed by atoms with van der Waals surface area (Å²) in [4.78, 5) is 6.41. The lowest BCUT2D eigenvalue weighted by Gasteiger charge is -2.21. The summed E-state index contributed by atoms with van der Waals surface area (Å²) in [6.45, 7) is 11.9. The van der Waals surface area contributed by atoms with Crippen molar-refractivity contribution in [1.29, 1.82) is 0 Å². The quantitative estimate of drug-likeness (QED) is 0.813. The van der Waals surface area contributed by atoms with E-state index in [0.29, 0.717) is 0 Å². The van der Waals surface area contributed by atoms with Gasteiger partial charge in [-0.2, -0.15) is 0 Å². The van der Waals surface area contributed by atoms with Gasteiger partial charge in [0.05, 0.1) is 5.69 Å². The summed E-state index contributed by atoms with van der Waals surface area (Å²) in [5.74, 6) is 0.917. The second-order valence-corrected chi connectivity index (χ2v) is 3.82. The van der Waals surface area contributed by atoms with Crippen molar-refractivity contribution in [1.82, 2.24) is 4.98 Å². The van der Waals surface area contributed by atoms with Crippen LogP contribution in [0.1, 0.15) is 27.7 Å². The normalized spacial score (nSPS) is 10.2. The molecule has 0 radical (unpaired) electrons. The fourth-order valence-corrected chi connectivity index (χ4v) is 1.48. The van der Waals surface area contributed by atoms with Gasteiger partial charge in [-0.3, -0.25) is 0 Å². The second kappa shape index (κ2) is 8.34. The van der Waals surface area contributed by atoms with Crippen LogP contribution in [0.25, 0.3) is 0 Å². The number of allylic oxidation sites excluding steroid dienone is 3. The summed E-state index contributed by atoms with van der Waals surface area (Å²) in [6.07, 6.45) is 3.83. The molecule has 1 aromatic rings. The third kappa shape index (κ3) is 4.62. The Morgan fingerprint density at radius 2 is 2.00 bits per heavy atom. The molecule has 0 aromatic carbocycles. The Balaban J connectivity index is 0.00000137. The summed E-state index contributed by atoms with van der Waals surface area (Å²) in [5, 5.41) is 3.13. The highest BCUT2D eigenvalue weighted by Gasteiger charge is 2.08. The molecule has 0 aliphatic rings. The summed E-state index contributed by atoms with van der Waals surface area (Å²) in [5.41, 5.74) is 3.16. The Morgan fingerprint density at radius 3 is 2.50 bits per heavy atom. The van der Waals surface area contributed by atoms with Crippen molar-refractivity contribution in [2.75, 3.05) is 24.3 Å². The van der Waals surface area contributed by atoms with Crippen LogP contribution in [0.2, 0.25) is 0 Å². The summed E-state index contributed by atoms with van der Waals surface area (Å²) in [6, 6.07) is 3.92. The zero-order valence-electron chi connectivity index (χ0n) is 12.4. The van der Waals surface area contributed by atoms with Crippen LogP contribution < -0.4 is 10.2 Å². The minimum atomic E-state index is 0.917. The van der Waals surface area contributed by atoms with Crippen molar-refractivity contribution in [2.45, 2.75) is 27.7 Å². The number of rotatable bonds is 4. The molecule has 0 atom stereocenters. The lowest BCUT2D eigenvalue weighted by Crippen LogP contribution is -2.17. The molecule has 0 amide bonds. The van der Waals surface area contributed by atoms with Crippen LogP contribution in [0.5, 0.6) is 0 Å². The molecule has 0 aliphatic heterocycles. The minimum Gasteiger partial charge on any atom is -0.385 e. The first kappa shape index (κ1) is 16.2. The number of nitrogens with one attached hydrogen (secondary N) is 1. The van der Waals surface area contributed by atoms with Crippen LogP contribution in [0, 0.1) is 0 Å². The predicted octanol–water partition coefficient (Wildman–Crippen LogP) is 4.07. The molecule has 0 unspecified atom stereocenters. The average molecular weight is 247 g/mol. The van der Waals surface area contributed by atoms with Crippen molar-refractivity contribution in [3.05, 3.63) is 42.3 Å². The number of pyridine rings is 1. The van der Waals surface area contributed by atoms with Gasteiger partial charge in [-0.15, -0.1) is 0 Å². The molecule has 0 saturated heterocycles. The van der Waals surface area contributed by atoms with E-state index in [2.05, 4.69) is 16.9 Å². The van der Waals surface area contributed by atoms with Crippen LogP contribution in [0.3, 0.4) is 0 Å². The Bertz CT molecular complexity index is 408. The lowest BCUT2D eigenvalue weighted by atomic mass is 10.2. The maximum atomic E-state index is 4.37. The molecule has 0 aliphatic carbocycles.